The number of nitrogens with zero attached hydrogens (tertiary/aromatic N) is 3. The number of nitrogens with one attached hydrogen (secondary N) is 1. The molecule has 1 aliphatic rings. The van der Waals surface area contributed by atoms with Crippen molar-refractivity contribution in [2.24, 2.45) is 11.8 Å². The van der Waals surface area contributed by atoms with E-state index in [1.165, 1.54) is 0 Å². The summed E-state index contributed by atoms with van der Waals surface area (Å²) in [5.74, 6) is 1.36. The fourth-order valence-electron chi connectivity index (χ4n) is 3.57. The number of benzene rings is 1. The summed E-state index contributed by atoms with van der Waals surface area (Å²) in [5.41, 5.74) is 2.35. The number of carbonyl (C=O) groups excluding carboxylic acids is 1. The number of aromatic nitrogens is 2. The number of carbonyl (C=O) groups is 1. The Balaban J connectivity index is 1.62. The lowest BCUT2D eigenvalue weighted by Crippen LogP contribution is -2.44. The smallest absolute Gasteiger partial charge is 0.224 e. The summed E-state index contributed by atoms with van der Waals surface area (Å²) in [6, 6.07) is 7.89. The summed E-state index contributed by atoms with van der Waals surface area (Å²) in [7, 11) is 0. The van der Waals surface area contributed by atoms with Crippen LogP contribution in [-0.4, -0.2) is 35.5 Å². The fraction of sp³-hybridized carbons (Fsp3) is 0.450. The molecule has 2 aromatic heterocycles. The Hall–Kier alpha value is -2.63. The molecule has 0 saturated carbocycles. The highest BCUT2D eigenvalue weighted by atomic mass is 16.3. The maximum Gasteiger partial charge on any atom is 0.224 e. The van der Waals surface area contributed by atoms with Gasteiger partial charge < -0.3 is 14.6 Å². The van der Waals surface area contributed by atoms with Gasteiger partial charge in [0.05, 0.1) is 5.92 Å². The van der Waals surface area contributed by atoms with Gasteiger partial charge in [-0.05, 0) is 30.9 Å². The molecule has 0 aliphatic carbocycles. The van der Waals surface area contributed by atoms with Crippen LogP contribution in [0.2, 0.25) is 0 Å². The molecule has 136 valence electrons. The third kappa shape index (κ3) is 3.11. The van der Waals surface area contributed by atoms with Crippen molar-refractivity contribution in [3.05, 3.63) is 30.6 Å². The molecule has 1 atom stereocenters. The molecule has 1 aromatic carbocycles. The van der Waals surface area contributed by atoms with E-state index in [0.29, 0.717) is 18.0 Å². The number of fused-ring (bicyclic) bond motifs is 3. The largest absolute Gasteiger partial charge is 0.450 e. The summed E-state index contributed by atoms with van der Waals surface area (Å²) in [6.45, 7) is 6.46. The maximum absolute atomic E-state index is 12.5. The number of amides is 1. The van der Waals surface area contributed by atoms with Crippen molar-refractivity contribution in [1.82, 2.24) is 15.3 Å². The standard InChI is InChI=1S/C20H24N4O2/c1-13(2)10-21-20(25)14-6-5-9-24(11-14)19-18-17(22-12-23-19)15-7-3-4-8-16(15)26-18/h3-4,7-8,12-14H,5-6,9-11H2,1-2H3,(H,21,25). The van der Waals surface area contributed by atoms with E-state index in [1.54, 1.807) is 6.33 Å². The van der Waals surface area contributed by atoms with E-state index in [9.17, 15) is 4.79 Å². The van der Waals surface area contributed by atoms with Crippen molar-refractivity contribution >= 4 is 33.8 Å². The van der Waals surface area contributed by atoms with Crippen molar-refractivity contribution < 1.29 is 9.21 Å². The molecule has 0 bridgehead atoms. The van der Waals surface area contributed by atoms with Gasteiger partial charge in [0, 0.05) is 25.0 Å². The van der Waals surface area contributed by atoms with Gasteiger partial charge in [0.25, 0.3) is 0 Å². The van der Waals surface area contributed by atoms with Crippen molar-refractivity contribution in [1.29, 1.82) is 0 Å². The molecule has 6 heteroatoms. The lowest BCUT2D eigenvalue weighted by Gasteiger charge is -2.32. The van der Waals surface area contributed by atoms with Crippen molar-refractivity contribution in [3.63, 3.8) is 0 Å². The number of furan rings is 1. The zero-order chi connectivity index (χ0) is 18.1. The van der Waals surface area contributed by atoms with Crippen LogP contribution in [0.3, 0.4) is 0 Å². The van der Waals surface area contributed by atoms with Gasteiger partial charge in [-0.25, -0.2) is 9.97 Å². The highest BCUT2D eigenvalue weighted by Crippen LogP contribution is 2.33. The summed E-state index contributed by atoms with van der Waals surface area (Å²) in [6.07, 6.45) is 3.46. The molecule has 1 aliphatic heterocycles. The minimum atomic E-state index is -0.0168. The molecule has 6 nitrogen and oxygen atoms in total. The topological polar surface area (TPSA) is 71.3 Å². The molecular weight excluding hydrogens is 328 g/mol. The van der Waals surface area contributed by atoms with Crippen LogP contribution in [0.15, 0.2) is 35.0 Å². The summed E-state index contributed by atoms with van der Waals surface area (Å²) in [5, 5.41) is 4.06. The van der Waals surface area contributed by atoms with Gasteiger partial charge >= 0.3 is 0 Å². The van der Waals surface area contributed by atoms with Gasteiger partial charge in [-0.15, -0.1) is 0 Å². The molecule has 3 aromatic rings. The van der Waals surface area contributed by atoms with Crippen LogP contribution in [0, 0.1) is 11.8 Å². The Kier molecular flexibility index (Phi) is 4.49. The lowest BCUT2D eigenvalue weighted by molar-refractivity contribution is -0.125. The first kappa shape index (κ1) is 16.8. The second kappa shape index (κ2) is 6.94. The average molecular weight is 352 g/mol. The zero-order valence-electron chi connectivity index (χ0n) is 15.2. The zero-order valence-corrected chi connectivity index (χ0v) is 15.2. The monoisotopic (exact) mass is 352 g/mol. The Morgan fingerprint density at radius 2 is 2.19 bits per heavy atom. The van der Waals surface area contributed by atoms with E-state index in [-0.39, 0.29) is 11.8 Å². The second-order valence-electron chi connectivity index (χ2n) is 7.40. The third-order valence-electron chi connectivity index (χ3n) is 4.92. The van der Waals surface area contributed by atoms with E-state index in [2.05, 4.69) is 34.0 Å². The Bertz CT molecular complexity index is 934. The fourth-order valence-corrected chi connectivity index (χ4v) is 3.57. The van der Waals surface area contributed by atoms with Gasteiger partial charge in [-0.2, -0.15) is 0 Å². The van der Waals surface area contributed by atoms with Crippen LogP contribution in [-0.2, 0) is 4.79 Å². The highest BCUT2D eigenvalue weighted by Gasteiger charge is 2.28. The van der Waals surface area contributed by atoms with Crippen molar-refractivity contribution in [2.75, 3.05) is 24.5 Å². The van der Waals surface area contributed by atoms with Crippen LogP contribution < -0.4 is 10.2 Å². The molecule has 1 saturated heterocycles. The third-order valence-corrected chi connectivity index (χ3v) is 4.92. The Morgan fingerprint density at radius 3 is 3.04 bits per heavy atom. The molecule has 1 N–H and O–H groups in total. The van der Waals surface area contributed by atoms with E-state index < -0.39 is 0 Å². The average Bonchev–Trinajstić information content (AvgIpc) is 3.05. The van der Waals surface area contributed by atoms with Gasteiger partial charge in [0.1, 0.15) is 17.4 Å². The normalized spacial score (nSPS) is 18.0. The van der Waals surface area contributed by atoms with Crippen LogP contribution in [0.1, 0.15) is 26.7 Å². The quantitative estimate of drug-likeness (QED) is 0.779. The van der Waals surface area contributed by atoms with E-state index in [1.807, 2.05) is 24.3 Å². The molecule has 4 rings (SSSR count). The van der Waals surface area contributed by atoms with Gasteiger partial charge in [-0.3, -0.25) is 4.79 Å². The van der Waals surface area contributed by atoms with Crippen molar-refractivity contribution in [3.8, 4) is 0 Å². The molecule has 0 spiro atoms. The summed E-state index contributed by atoms with van der Waals surface area (Å²) in [4.78, 5) is 23.6. The maximum atomic E-state index is 12.5. The Morgan fingerprint density at radius 1 is 1.35 bits per heavy atom. The van der Waals surface area contributed by atoms with E-state index in [4.69, 9.17) is 4.42 Å². The van der Waals surface area contributed by atoms with Crippen LogP contribution in [0.5, 0.6) is 0 Å². The molecule has 3 heterocycles. The molecular formula is C20H24N4O2. The summed E-state index contributed by atoms with van der Waals surface area (Å²) < 4.78 is 6.04. The van der Waals surface area contributed by atoms with Crippen molar-refractivity contribution in [2.45, 2.75) is 26.7 Å². The predicted octanol–water partition coefficient (Wildman–Crippen LogP) is 3.36. The minimum Gasteiger partial charge on any atom is -0.450 e. The molecule has 1 fully saturated rings. The molecule has 26 heavy (non-hydrogen) atoms. The van der Waals surface area contributed by atoms with Crippen LogP contribution in [0.4, 0.5) is 5.82 Å². The van der Waals surface area contributed by atoms with Gasteiger partial charge in [0.15, 0.2) is 11.4 Å². The van der Waals surface area contributed by atoms with E-state index >= 15 is 0 Å². The summed E-state index contributed by atoms with van der Waals surface area (Å²) >= 11 is 0. The number of hydrogen-bond donors (Lipinski definition) is 1. The number of para-hydroxylation sites is 1. The SMILES string of the molecule is CC(C)CNC(=O)C1CCCN(c2ncnc3c2oc2ccccc23)C1. The number of hydrogen-bond acceptors (Lipinski definition) is 5. The van der Waals surface area contributed by atoms with Crippen LogP contribution >= 0.6 is 0 Å². The van der Waals surface area contributed by atoms with E-state index in [0.717, 1.165) is 48.2 Å². The predicted molar refractivity (Wildman–Crippen MR) is 102 cm³/mol. The first-order valence-corrected chi connectivity index (χ1v) is 9.28. The molecule has 1 unspecified atom stereocenters. The minimum absolute atomic E-state index is 0.0168. The number of rotatable bonds is 4. The molecule has 0 radical (unpaired) electrons. The molecule has 1 amide bonds. The lowest BCUT2D eigenvalue weighted by atomic mass is 9.97. The van der Waals surface area contributed by atoms with Gasteiger partial charge in [0.2, 0.25) is 5.91 Å². The Labute approximate surface area is 152 Å². The number of piperidine rings is 1. The first-order chi connectivity index (χ1) is 12.6. The first-order valence-electron chi connectivity index (χ1n) is 9.28. The second-order valence-corrected chi connectivity index (χ2v) is 7.40. The number of anilines is 1. The van der Waals surface area contributed by atoms with Crippen LogP contribution in [0.25, 0.3) is 22.1 Å². The van der Waals surface area contributed by atoms with Gasteiger partial charge in [-0.1, -0.05) is 26.0 Å². The highest BCUT2D eigenvalue weighted by molar-refractivity contribution is 6.05.